The van der Waals surface area contributed by atoms with Gasteiger partial charge in [-0.05, 0) is 17.7 Å². The van der Waals surface area contributed by atoms with Crippen LogP contribution in [0.4, 0.5) is 5.69 Å². The molecule has 0 amide bonds. The zero-order valence-electron chi connectivity index (χ0n) is 9.26. The molecule has 0 aliphatic carbocycles. The van der Waals surface area contributed by atoms with Crippen LogP contribution < -0.4 is 5.73 Å². The zero-order chi connectivity index (χ0) is 13.0. The number of anilines is 1. The second-order valence-electron chi connectivity index (χ2n) is 3.50. The highest BCUT2D eigenvalue weighted by Crippen LogP contribution is 2.23. The van der Waals surface area contributed by atoms with E-state index in [2.05, 4.69) is 4.74 Å². The SMILES string of the molecule is COC(=O)c1cc(C(O)C(O)CCl)ccc1N. The van der Waals surface area contributed by atoms with Crippen molar-refractivity contribution in [3.05, 3.63) is 29.3 Å². The van der Waals surface area contributed by atoms with Gasteiger partial charge in [0.15, 0.2) is 0 Å². The average Bonchev–Trinajstić information content (AvgIpc) is 2.36. The second-order valence-corrected chi connectivity index (χ2v) is 3.81. The molecule has 0 aromatic heterocycles. The number of rotatable bonds is 4. The normalized spacial score (nSPS) is 14.1. The van der Waals surface area contributed by atoms with Crippen LogP contribution in [0.3, 0.4) is 0 Å². The molecule has 1 aromatic carbocycles. The number of nitrogen functional groups attached to an aromatic ring is 1. The molecular weight excluding hydrogens is 246 g/mol. The van der Waals surface area contributed by atoms with Crippen molar-refractivity contribution in [3.8, 4) is 0 Å². The fourth-order valence-corrected chi connectivity index (χ4v) is 1.52. The number of methoxy groups -OCH3 is 1. The van der Waals surface area contributed by atoms with Crippen LogP contribution in [0.2, 0.25) is 0 Å². The Morgan fingerprint density at radius 1 is 1.53 bits per heavy atom. The highest BCUT2D eigenvalue weighted by atomic mass is 35.5. The molecule has 1 aromatic rings. The number of aliphatic hydroxyl groups excluding tert-OH is 2. The minimum absolute atomic E-state index is 0.112. The summed E-state index contributed by atoms with van der Waals surface area (Å²) < 4.78 is 4.55. The molecule has 0 fully saturated rings. The summed E-state index contributed by atoms with van der Waals surface area (Å²) in [5, 5.41) is 19.1. The molecule has 1 rings (SSSR count). The van der Waals surface area contributed by atoms with E-state index in [1.807, 2.05) is 0 Å². The topological polar surface area (TPSA) is 92.8 Å². The van der Waals surface area contributed by atoms with Crippen LogP contribution in [0.5, 0.6) is 0 Å². The van der Waals surface area contributed by atoms with E-state index in [1.165, 1.54) is 25.3 Å². The van der Waals surface area contributed by atoms with Gasteiger partial charge in [-0.25, -0.2) is 4.79 Å². The number of nitrogens with two attached hydrogens (primary N) is 1. The monoisotopic (exact) mass is 259 g/mol. The quantitative estimate of drug-likeness (QED) is 0.420. The third-order valence-electron chi connectivity index (χ3n) is 2.35. The molecule has 94 valence electrons. The molecular formula is C11H14ClNO4. The third kappa shape index (κ3) is 3.09. The minimum Gasteiger partial charge on any atom is -0.465 e. The van der Waals surface area contributed by atoms with Crippen molar-refractivity contribution in [3.63, 3.8) is 0 Å². The molecule has 5 nitrogen and oxygen atoms in total. The summed E-state index contributed by atoms with van der Waals surface area (Å²) in [6, 6.07) is 4.36. The standard InChI is InChI=1S/C11H14ClNO4/c1-17-11(16)7-4-6(2-3-8(7)13)10(15)9(14)5-12/h2-4,9-10,14-15H,5,13H2,1H3. The van der Waals surface area contributed by atoms with Gasteiger partial charge in [0.05, 0.1) is 24.7 Å². The fourth-order valence-electron chi connectivity index (χ4n) is 1.35. The predicted molar refractivity (Wildman–Crippen MR) is 63.9 cm³/mol. The number of alkyl halides is 1. The van der Waals surface area contributed by atoms with Gasteiger partial charge in [0, 0.05) is 5.69 Å². The van der Waals surface area contributed by atoms with Gasteiger partial charge in [0.2, 0.25) is 0 Å². The molecule has 0 heterocycles. The van der Waals surface area contributed by atoms with Crippen molar-refractivity contribution in [2.24, 2.45) is 0 Å². The summed E-state index contributed by atoms with van der Waals surface area (Å²) in [7, 11) is 1.23. The lowest BCUT2D eigenvalue weighted by atomic mass is 10.0. The Kier molecular flexibility index (Phi) is 4.74. The van der Waals surface area contributed by atoms with Crippen molar-refractivity contribution in [2.45, 2.75) is 12.2 Å². The van der Waals surface area contributed by atoms with Gasteiger partial charge in [0.25, 0.3) is 0 Å². The second kappa shape index (κ2) is 5.86. The zero-order valence-corrected chi connectivity index (χ0v) is 10.0. The Balaban J connectivity index is 3.08. The summed E-state index contributed by atoms with van der Waals surface area (Å²) in [5.41, 5.74) is 6.35. The average molecular weight is 260 g/mol. The molecule has 6 heteroatoms. The first-order valence-corrected chi connectivity index (χ1v) is 5.44. The molecule has 17 heavy (non-hydrogen) atoms. The molecule has 0 saturated heterocycles. The molecule has 2 unspecified atom stereocenters. The Bertz CT molecular complexity index is 410. The number of esters is 1. The lowest BCUT2D eigenvalue weighted by molar-refractivity contribution is 0.0325. The summed E-state index contributed by atoms with van der Waals surface area (Å²) in [6.45, 7) is 0. The Labute approximate surface area is 104 Å². The molecule has 0 radical (unpaired) electrons. The first-order valence-electron chi connectivity index (χ1n) is 4.91. The lowest BCUT2D eigenvalue weighted by Gasteiger charge is -2.16. The molecule has 0 spiro atoms. The first kappa shape index (κ1) is 13.8. The summed E-state index contributed by atoms with van der Waals surface area (Å²) in [4.78, 5) is 11.4. The van der Waals surface area contributed by atoms with Gasteiger partial charge in [0.1, 0.15) is 6.10 Å². The fraction of sp³-hybridized carbons (Fsp3) is 0.364. The van der Waals surface area contributed by atoms with Crippen LogP contribution in [0.25, 0.3) is 0 Å². The van der Waals surface area contributed by atoms with Crippen molar-refractivity contribution in [1.29, 1.82) is 0 Å². The molecule has 2 atom stereocenters. The summed E-state index contributed by atoms with van der Waals surface area (Å²) >= 11 is 5.43. The number of carbonyl (C=O) groups excluding carboxylic acids is 1. The highest BCUT2D eigenvalue weighted by Gasteiger charge is 2.20. The number of hydrogen-bond acceptors (Lipinski definition) is 5. The van der Waals surface area contributed by atoms with E-state index in [0.717, 1.165) is 0 Å². The van der Waals surface area contributed by atoms with E-state index >= 15 is 0 Å². The number of halogens is 1. The predicted octanol–water partition coefficient (Wildman–Crippen LogP) is 0.689. The lowest BCUT2D eigenvalue weighted by Crippen LogP contribution is -2.20. The van der Waals surface area contributed by atoms with Gasteiger partial charge in [-0.2, -0.15) is 0 Å². The smallest absolute Gasteiger partial charge is 0.339 e. The number of benzene rings is 1. The van der Waals surface area contributed by atoms with Crippen LogP contribution in [-0.2, 0) is 4.74 Å². The van der Waals surface area contributed by atoms with Gasteiger partial charge >= 0.3 is 5.97 Å². The van der Waals surface area contributed by atoms with E-state index in [9.17, 15) is 15.0 Å². The van der Waals surface area contributed by atoms with Crippen molar-refractivity contribution >= 4 is 23.3 Å². The Hall–Kier alpha value is -1.30. The Morgan fingerprint density at radius 3 is 2.71 bits per heavy atom. The van der Waals surface area contributed by atoms with E-state index in [1.54, 1.807) is 0 Å². The molecule has 0 saturated carbocycles. The number of ether oxygens (including phenoxy) is 1. The van der Waals surface area contributed by atoms with Crippen LogP contribution in [0.15, 0.2) is 18.2 Å². The highest BCUT2D eigenvalue weighted by molar-refractivity contribution is 6.18. The summed E-state index contributed by atoms with van der Waals surface area (Å²) in [5.74, 6) is -0.712. The maximum absolute atomic E-state index is 11.4. The largest absolute Gasteiger partial charge is 0.465 e. The third-order valence-corrected chi connectivity index (χ3v) is 2.66. The maximum Gasteiger partial charge on any atom is 0.339 e. The Morgan fingerprint density at radius 2 is 2.18 bits per heavy atom. The van der Waals surface area contributed by atoms with Crippen LogP contribution >= 0.6 is 11.6 Å². The van der Waals surface area contributed by atoms with E-state index < -0.39 is 18.2 Å². The molecule has 4 N–H and O–H groups in total. The van der Waals surface area contributed by atoms with E-state index in [4.69, 9.17) is 17.3 Å². The molecule has 0 bridgehead atoms. The van der Waals surface area contributed by atoms with Gasteiger partial charge in [-0.1, -0.05) is 6.07 Å². The van der Waals surface area contributed by atoms with E-state index in [0.29, 0.717) is 5.56 Å². The number of aliphatic hydroxyl groups is 2. The van der Waals surface area contributed by atoms with Crippen molar-refractivity contribution in [2.75, 3.05) is 18.7 Å². The van der Waals surface area contributed by atoms with Crippen LogP contribution in [0.1, 0.15) is 22.0 Å². The van der Waals surface area contributed by atoms with Crippen molar-refractivity contribution < 1.29 is 19.7 Å². The van der Waals surface area contributed by atoms with Gasteiger partial charge < -0.3 is 20.7 Å². The van der Waals surface area contributed by atoms with Gasteiger partial charge in [-0.15, -0.1) is 11.6 Å². The molecule has 0 aliphatic rings. The van der Waals surface area contributed by atoms with E-state index in [-0.39, 0.29) is 17.1 Å². The number of hydrogen-bond donors (Lipinski definition) is 3. The van der Waals surface area contributed by atoms with Crippen molar-refractivity contribution in [1.82, 2.24) is 0 Å². The number of carbonyl (C=O) groups is 1. The van der Waals surface area contributed by atoms with Gasteiger partial charge in [-0.3, -0.25) is 0 Å². The summed E-state index contributed by atoms with van der Waals surface area (Å²) in [6.07, 6.45) is -2.28. The maximum atomic E-state index is 11.4. The minimum atomic E-state index is -1.17. The van der Waals surface area contributed by atoms with Crippen LogP contribution in [-0.4, -0.2) is 35.3 Å². The van der Waals surface area contributed by atoms with Crippen LogP contribution in [0, 0.1) is 0 Å². The first-order chi connectivity index (χ1) is 8.01. The molecule has 0 aliphatic heterocycles.